The summed E-state index contributed by atoms with van der Waals surface area (Å²) in [6, 6.07) is 1.51. The molecule has 0 spiro atoms. The van der Waals surface area contributed by atoms with Gasteiger partial charge in [-0.2, -0.15) is 4.37 Å². The van der Waals surface area contributed by atoms with Gasteiger partial charge in [-0.3, -0.25) is 9.36 Å². The molecule has 0 bridgehead atoms. The summed E-state index contributed by atoms with van der Waals surface area (Å²) in [6.07, 6.45) is 5.31. The maximum Gasteiger partial charge on any atom is 0.253 e. The van der Waals surface area contributed by atoms with Crippen LogP contribution in [0.1, 0.15) is 18.7 Å². The van der Waals surface area contributed by atoms with E-state index in [0.717, 1.165) is 43.4 Å². The van der Waals surface area contributed by atoms with Gasteiger partial charge in [0.25, 0.3) is 5.56 Å². The van der Waals surface area contributed by atoms with Crippen molar-refractivity contribution in [3.63, 3.8) is 0 Å². The van der Waals surface area contributed by atoms with Crippen molar-refractivity contribution in [2.45, 2.75) is 26.3 Å². The molecule has 0 unspecified atom stereocenters. The second kappa shape index (κ2) is 5.70. The molecule has 3 rings (SSSR count). The van der Waals surface area contributed by atoms with Gasteiger partial charge in [0.05, 0.1) is 6.33 Å². The van der Waals surface area contributed by atoms with Crippen LogP contribution >= 0.6 is 11.5 Å². The fourth-order valence-corrected chi connectivity index (χ4v) is 3.24. The molecule has 3 heterocycles. The van der Waals surface area contributed by atoms with Gasteiger partial charge < -0.3 is 4.90 Å². The van der Waals surface area contributed by atoms with Crippen LogP contribution in [0.2, 0.25) is 0 Å². The molecule has 0 atom stereocenters. The van der Waals surface area contributed by atoms with Gasteiger partial charge in [0.1, 0.15) is 5.82 Å². The molecule has 0 amide bonds. The van der Waals surface area contributed by atoms with E-state index in [4.69, 9.17) is 0 Å². The zero-order valence-corrected chi connectivity index (χ0v) is 12.2. The van der Waals surface area contributed by atoms with Crippen LogP contribution in [0.3, 0.4) is 0 Å². The molecule has 1 aliphatic heterocycles. The van der Waals surface area contributed by atoms with E-state index in [1.807, 2.05) is 6.92 Å². The van der Waals surface area contributed by atoms with Crippen LogP contribution in [-0.2, 0) is 6.54 Å². The molecule has 0 aromatic carbocycles. The van der Waals surface area contributed by atoms with E-state index >= 15 is 0 Å². The lowest BCUT2D eigenvalue weighted by molar-refractivity contribution is 0.351. The van der Waals surface area contributed by atoms with Crippen LogP contribution in [-0.4, -0.2) is 32.0 Å². The lowest BCUT2D eigenvalue weighted by Crippen LogP contribution is -2.36. The first-order valence-electron chi connectivity index (χ1n) is 6.78. The maximum absolute atomic E-state index is 11.7. The van der Waals surface area contributed by atoms with Crippen LogP contribution in [0.15, 0.2) is 23.4 Å². The van der Waals surface area contributed by atoms with Gasteiger partial charge >= 0.3 is 0 Å². The van der Waals surface area contributed by atoms with Gasteiger partial charge in [-0.25, -0.2) is 9.97 Å². The molecule has 1 fully saturated rings. The Kier molecular flexibility index (Phi) is 3.77. The molecule has 0 saturated carbocycles. The molecular weight excluding hydrogens is 274 g/mol. The summed E-state index contributed by atoms with van der Waals surface area (Å²) < 4.78 is 5.93. The number of piperidine rings is 1. The van der Waals surface area contributed by atoms with E-state index in [0.29, 0.717) is 5.92 Å². The third-order valence-electron chi connectivity index (χ3n) is 3.65. The highest BCUT2D eigenvalue weighted by molar-refractivity contribution is 7.09. The summed E-state index contributed by atoms with van der Waals surface area (Å²) in [4.78, 5) is 22.4. The zero-order valence-electron chi connectivity index (χ0n) is 11.4. The summed E-state index contributed by atoms with van der Waals surface area (Å²) >= 11 is 1.46. The molecule has 0 N–H and O–H groups in total. The van der Waals surface area contributed by atoms with Crippen molar-refractivity contribution >= 4 is 16.7 Å². The monoisotopic (exact) mass is 291 g/mol. The average molecular weight is 291 g/mol. The number of nitrogens with zero attached hydrogens (tertiary/aromatic N) is 5. The minimum atomic E-state index is 0.0298. The van der Waals surface area contributed by atoms with Gasteiger partial charge in [-0.05, 0) is 25.7 Å². The van der Waals surface area contributed by atoms with Crippen molar-refractivity contribution in [3.8, 4) is 0 Å². The van der Waals surface area contributed by atoms with Crippen molar-refractivity contribution in [1.29, 1.82) is 0 Å². The van der Waals surface area contributed by atoms with Crippen molar-refractivity contribution in [2.75, 3.05) is 18.0 Å². The number of aryl methyl sites for hydroxylation is 1. The maximum atomic E-state index is 11.7. The number of aromatic nitrogens is 4. The van der Waals surface area contributed by atoms with Crippen LogP contribution < -0.4 is 10.5 Å². The summed E-state index contributed by atoms with van der Waals surface area (Å²) in [6.45, 7) is 4.64. The highest BCUT2D eigenvalue weighted by Crippen LogP contribution is 2.25. The quantitative estimate of drug-likeness (QED) is 0.853. The largest absolute Gasteiger partial charge is 0.347 e. The fourth-order valence-electron chi connectivity index (χ4n) is 2.52. The van der Waals surface area contributed by atoms with Crippen LogP contribution in [0, 0.1) is 12.8 Å². The third-order valence-corrected chi connectivity index (χ3v) is 4.52. The topological polar surface area (TPSA) is 63.9 Å². The molecular formula is C13H17N5OS. The number of rotatable bonds is 3. The minimum Gasteiger partial charge on any atom is -0.347 e. The van der Waals surface area contributed by atoms with Crippen LogP contribution in [0.5, 0.6) is 0 Å². The number of anilines is 1. The molecule has 0 aliphatic carbocycles. The van der Waals surface area contributed by atoms with E-state index in [1.165, 1.54) is 17.6 Å². The van der Waals surface area contributed by atoms with Crippen LogP contribution in [0.4, 0.5) is 5.13 Å². The molecule has 1 aliphatic rings. The molecule has 7 heteroatoms. The summed E-state index contributed by atoms with van der Waals surface area (Å²) in [5.41, 5.74) is 0.0298. The van der Waals surface area contributed by atoms with Gasteiger partial charge in [0, 0.05) is 43.4 Å². The second-order valence-electron chi connectivity index (χ2n) is 5.13. The SMILES string of the molecule is Cc1nsc(N2CCC(Cn3cnccc3=O)CC2)n1. The molecule has 0 radical (unpaired) electrons. The normalized spacial score (nSPS) is 16.6. The Morgan fingerprint density at radius 3 is 2.85 bits per heavy atom. The van der Waals surface area contributed by atoms with E-state index in [-0.39, 0.29) is 5.56 Å². The zero-order chi connectivity index (χ0) is 13.9. The van der Waals surface area contributed by atoms with E-state index < -0.39 is 0 Å². The Balaban J connectivity index is 1.59. The first-order valence-corrected chi connectivity index (χ1v) is 7.55. The average Bonchev–Trinajstić information content (AvgIpc) is 2.89. The first-order chi connectivity index (χ1) is 9.72. The Morgan fingerprint density at radius 1 is 1.40 bits per heavy atom. The standard InChI is InChI=1S/C13H17N5OS/c1-10-15-13(20-16-10)17-6-3-11(4-7-17)8-18-9-14-5-2-12(18)19/h2,5,9,11H,3-4,6-8H2,1H3. The van der Waals surface area contributed by atoms with E-state index in [1.54, 1.807) is 17.1 Å². The van der Waals surface area contributed by atoms with E-state index in [2.05, 4.69) is 19.2 Å². The summed E-state index contributed by atoms with van der Waals surface area (Å²) in [5.74, 6) is 1.37. The predicted octanol–water partition coefficient (Wildman–Crippen LogP) is 1.32. The Hall–Kier alpha value is -1.76. The Morgan fingerprint density at radius 2 is 2.20 bits per heavy atom. The smallest absolute Gasteiger partial charge is 0.253 e. The molecule has 2 aromatic rings. The Bertz CT molecular complexity index is 629. The molecule has 106 valence electrons. The summed E-state index contributed by atoms with van der Waals surface area (Å²) in [5, 5.41) is 1.01. The number of hydrogen-bond acceptors (Lipinski definition) is 6. The molecule has 1 saturated heterocycles. The second-order valence-corrected chi connectivity index (χ2v) is 5.86. The number of hydrogen-bond donors (Lipinski definition) is 0. The highest BCUT2D eigenvalue weighted by atomic mass is 32.1. The lowest BCUT2D eigenvalue weighted by atomic mass is 9.97. The van der Waals surface area contributed by atoms with Crippen LogP contribution in [0.25, 0.3) is 0 Å². The van der Waals surface area contributed by atoms with Gasteiger partial charge in [-0.15, -0.1) is 0 Å². The first kappa shape index (κ1) is 13.2. The third kappa shape index (κ3) is 2.87. The van der Waals surface area contributed by atoms with Crippen molar-refractivity contribution < 1.29 is 0 Å². The molecule has 6 nitrogen and oxygen atoms in total. The summed E-state index contributed by atoms with van der Waals surface area (Å²) in [7, 11) is 0. The molecule has 2 aromatic heterocycles. The fraction of sp³-hybridized carbons (Fsp3) is 0.538. The van der Waals surface area contributed by atoms with Crippen molar-refractivity contribution in [3.05, 3.63) is 34.8 Å². The van der Waals surface area contributed by atoms with Gasteiger partial charge in [-0.1, -0.05) is 0 Å². The lowest BCUT2D eigenvalue weighted by Gasteiger charge is -2.31. The van der Waals surface area contributed by atoms with Crippen molar-refractivity contribution in [2.24, 2.45) is 5.92 Å². The predicted molar refractivity (Wildman–Crippen MR) is 78.1 cm³/mol. The molecule has 20 heavy (non-hydrogen) atoms. The van der Waals surface area contributed by atoms with Gasteiger partial charge in [0.2, 0.25) is 5.13 Å². The van der Waals surface area contributed by atoms with Gasteiger partial charge in [0.15, 0.2) is 0 Å². The van der Waals surface area contributed by atoms with E-state index in [9.17, 15) is 4.79 Å². The Labute approximate surface area is 121 Å². The highest BCUT2D eigenvalue weighted by Gasteiger charge is 2.21. The van der Waals surface area contributed by atoms with Crippen molar-refractivity contribution in [1.82, 2.24) is 18.9 Å². The minimum absolute atomic E-state index is 0.0298.